The normalized spacial score (nSPS) is 12.9. The van der Waals surface area contributed by atoms with Crippen molar-refractivity contribution < 1.29 is 33.0 Å². The highest BCUT2D eigenvalue weighted by Gasteiger charge is 2.30. The molecule has 4 rings (SSSR count). The van der Waals surface area contributed by atoms with Crippen molar-refractivity contribution in [3.63, 3.8) is 0 Å². The number of carboxylic acid groups (broad SMARTS) is 1. The molecule has 0 spiro atoms. The largest absolute Gasteiger partial charge is 0.481 e. The SMILES string of the molecule is Cc1ccc(F)c(NC(=O)C(CC(=O)O)NC(=O)OCC2c3ccccc3-c3ccccc32)c1F. The van der Waals surface area contributed by atoms with E-state index in [1.165, 1.54) is 13.0 Å². The minimum absolute atomic E-state index is 0.0532. The Morgan fingerprint density at radius 1 is 0.971 bits per heavy atom. The fourth-order valence-electron chi connectivity index (χ4n) is 4.15. The number of ether oxygens (including phenoxy) is 1. The third-order valence-electron chi connectivity index (χ3n) is 5.86. The van der Waals surface area contributed by atoms with E-state index in [4.69, 9.17) is 9.84 Å². The van der Waals surface area contributed by atoms with Crippen LogP contribution in [0.5, 0.6) is 0 Å². The molecule has 0 aliphatic heterocycles. The van der Waals surface area contributed by atoms with Crippen LogP contribution < -0.4 is 10.6 Å². The molecular formula is C26H22F2N2O5. The molecule has 0 heterocycles. The van der Waals surface area contributed by atoms with Gasteiger partial charge in [-0.1, -0.05) is 54.6 Å². The Labute approximate surface area is 199 Å². The Bertz CT molecular complexity index is 1270. The number of aryl methyl sites for hydroxylation is 1. The van der Waals surface area contributed by atoms with Crippen LogP contribution >= 0.6 is 0 Å². The van der Waals surface area contributed by atoms with Gasteiger partial charge in [-0.3, -0.25) is 9.59 Å². The highest BCUT2D eigenvalue weighted by molar-refractivity contribution is 5.98. The van der Waals surface area contributed by atoms with Crippen molar-refractivity contribution in [1.29, 1.82) is 0 Å². The average molecular weight is 480 g/mol. The van der Waals surface area contributed by atoms with E-state index >= 15 is 0 Å². The predicted octanol–water partition coefficient (Wildman–Crippen LogP) is 4.59. The summed E-state index contributed by atoms with van der Waals surface area (Å²) in [6.45, 7) is 1.33. The number of amides is 2. The van der Waals surface area contributed by atoms with Crippen molar-refractivity contribution in [3.8, 4) is 11.1 Å². The van der Waals surface area contributed by atoms with Gasteiger partial charge in [0.15, 0.2) is 5.82 Å². The summed E-state index contributed by atoms with van der Waals surface area (Å²) in [5.41, 5.74) is 3.38. The van der Waals surface area contributed by atoms with Gasteiger partial charge in [0.2, 0.25) is 5.91 Å². The zero-order valence-electron chi connectivity index (χ0n) is 18.7. The standard InChI is InChI=1S/C26H22F2N2O5/c1-14-10-11-20(27)24(23(14)28)30-25(33)21(12-22(31)32)29-26(34)35-13-19-17-8-4-2-6-15(17)16-7-3-5-9-18(16)19/h2-11,19,21H,12-13H2,1H3,(H,29,34)(H,30,33)(H,31,32). The van der Waals surface area contributed by atoms with Gasteiger partial charge in [0.25, 0.3) is 0 Å². The second-order valence-corrected chi connectivity index (χ2v) is 8.16. The summed E-state index contributed by atoms with van der Waals surface area (Å²) in [7, 11) is 0. The van der Waals surface area contributed by atoms with Gasteiger partial charge in [-0.25, -0.2) is 13.6 Å². The molecule has 0 bridgehead atoms. The number of carbonyl (C=O) groups excluding carboxylic acids is 2. The Kier molecular flexibility index (Phi) is 6.77. The number of carbonyl (C=O) groups is 3. The molecule has 3 aromatic carbocycles. The molecule has 1 aliphatic carbocycles. The van der Waals surface area contributed by atoms with Gasteiger partial charge in [0.05, 0.1) is 6.42 Å². The maximum atomic E-state index is 14.3. The van der Waals surface area contributed by atoms with Crippen LogP contribution in [0.4, 0.5) is 19.3 Å². The quantitative estimate of drug-likeness (QED) is 0.459. The van der Waals surface area contributed by atoms with Gasteiger partial charge in [-0.15, -0.1) is 0 Å². The number of anilines is 1. The number of fused-ring (bicyclic) bond motifs is 3. The second kappa shape index (κ2) is 9.92. The third kappa shape index (κ3) is 4.98. The lowest BCUT2D eigenvalue weighted by Crippen LogP contribution is -2.45. The first-order chi connectivity index (χ1) is 16.8. The molecule has 7 nitrogen and oxygen atoms in total. The number of alkyl carbamates (subject to hydrolysis) is 1. The van der Waals surface area contributed by atoms with E-state index in [0.717, 1.165) is 28.3 Å². The van der Waals surface area contributed by atoms with Crippen LogP contribution in [0.15, 0.2) is 60.7 Å². The van der Waals surface area contributed by atoms with Crippen molar-refractivity contribution in [2.45, 2.75) is 25.3 Å². The minimum Gasteiger partial charge on any atom is -0.481 e. The molecule has 9 heteroatoms. The molecule has 0 radical (unpaired) electrons. The fourth-order valence-corrected chi connectivity index (χ4v) is 4.15. The Morgan fingerprint density at radius 2 is 1.57 bits per heavy atom. The number of carboxylic acids is 1. The molecule has 0 saturated heterocycles. The summed E-state index contributed by atoms with van der Waals surface area (Å²) in [6, 6.07) is 16.0. The van der Waals surface area contributed by atoms with Crippen LogP contribution in [-0.4, -0.2) is 35.7 Å². The monoisotopic (exact) mass is 480 g/mol. The van der Waals surface area contributed by atoms with Crippen LogP contribution in [-0.2, 0) is 14.3 Å². The molecule has 180 valence electrons. The first-order valence-electron chi connectivity index (χ1n) is 10.8. The summed E-state index contributed by atoms with van der Waals surface area (Å²) in [5, 5.41) is 13.4. The Balaban J connectivity index is 1.46. The zero-order chi connectivity index (χ0) is 25.1. The fraction of sp³-hybridized carbons (Fsp3) is 0.192. The minimum atomic E-state index is -1.62. The maximum absolute atomic E-state index is 14.3. The van der Waals surface area contributed by atoms with Crippen molar-refractivity contribution in [2.75, 3.05) is 11.9 Å². The smallest absolute Gasteiger partial charge is 0.407 e. The molecule has 35 heavy (non-hydrogen) atoms. The molecular weight excluding hydrogens is 458 g/mol. The van der Waals surface area contributed by atoms with E-state index in [-0.39, 0.29) is 18.1 Å². The number of benzene rings is 3. The molecule has 2 amide bonds. The molecule has 1 aliphatic rings. The first kappa shape index (κ1) is 23.9. The van der Waals surface area contributed by atoms with Crippen molar-refractivity contribution in [2.24, 2.45) is 0 Å². The van der Waals surface area contributed by atoms with E-state index in [9.17, 15) is 23.2 Å². The van der Waals surface area contributed by atoms with Gasteiger partial charge in [0, 0.05) is 5.92 Å². The van der Waals surface area contributed by atoms with Crippen LogP contribution in [0.2, 0.25) is 0 Å². The van der Waals surface area contributed by atoms with Crippen molar-refractivity contribution >= 4 is 23.7 Å². The number of nitrogens with one attached hydrogen (secondary N) is 2. The lowest BCUT2D eigenvalue weighted by molar-refractivity contribution is -0.139. The molecule has 0 aromatic heterocycles. The zero-order valence-corrected chi connectivity index (χ0v) is 18.7. The van der Waals surface area contributed by atoms with Crippen molar-refractivity contribution in [3.05, 3.63) is 89.0 Å². The van der Waals surface area contributed by atoms with E-state index in [1.54, 1.807) is 0 Å². The van der Waals surface area contributed by atoms with E-state index in [1.807, 2.05) is 53.8 Å². The number of aliphatic carboxylic acids is 1. The van der Waals surface area contributed by atoms with Gasteiger partial charge in [-0.05, 0) is 40.8 Å². The molecule has 3 aromatic rings. The Morgan fingerprint density at radius 3 is 2.17 bits per heavy atom. The predicted molar refractivity (Wildman–Crippen MR) is 124 cm³/mol. The van der Waals surface area contributed by atoms with Gasteiger partial charge in [0.1, 0.15) is 24.2 Å². The Hall–Kier alpha value is -4.27. The maximum Gasteiger partial charge on any atom is 0.407 e. The molecule has 1 unspecified atom stereocenters. The lowest BCUT2D eigenvalue weighted by atomic mass is 9.98. The topological polar surface area (TPSA) is 105 Å². The molecule has 1 atom stereocenters. The van der Waals surface area contributed by atoms with Crippen LogP contribution in [0.1, 0.15) is 29.0 Å². The number of rotatable bonds is 7. The summed E-state index contributed by atoms with van der Waals surface area (Å²) >= 11 is 0. The highest BCUT2D eigenvalue weighted by atomic mass is 19.1. The van der Waals surface area contributed by atoms with Crippen molar-refractivity contribution in [1.82, 2.24) is 5.32 Å². The second-order valence-electron chi connectivity index (χ2n) is 8.16. The highest BCUT2D eigenvalue weighted by Crippen LogP contribution is 2.44. The van der Waals surface area contributed by atoms with Crippen LogP contribution in [0, 0.1) is 18.6 Å². The van der Waals surface area contributed by atoms with Crippen LogP contribution in [0.3, 0.4) is 0 Å². The summed E-state index contributed by atoms with van der Waals surface area (Å²) in [6.07, 6.45) is -1.84. The van der Waals surface area contributed by atoms with Gasteiger partial charge >= 0.3 is 12.1 Å². The molecule has 0 fully saturated rings. The average Bonchev–Trinajstić information content (AvgIpc) is 3.16. The third-order valence-corrected chi connectivity index (χ3v) is 5.86. The summed E-state index contributed by atoms with van der Waals surface area (Å²) < 4.78 is 33.6. The van der Waals surface area contributed by atoms with Crippen LogP contribution in [0.25, 0.3) is 11.1 Å². The number of halogens is 2. The number of hydrogen-bond donors (Lipinski definition) is 3. The number of hydrogen-bond acceptors (Lipinski definition) is 4. The molecule has 0 saturated carbocycles. The molecule has 3 N–H and O–H groups in total. The van der Waals surface area contributed by atoms with E-state index in [2.05, 4.69) is 5.32 Å². The summed E-state index contributed by atoms with van der Waals surface area (Å²) in [5.74, 6) is -4.75. The van der Waals surface area contributed by atoms with Gasteiger partial charge in [-0.2, -0.15) is 0 Å². The van der Waals surface area contributed by atoms with Gasteiger partial charge < -0.3 is 20.5 Å². The van der Waals surface area contributed by atoms with E-state index in [0.29, 0.717) is 0 Å². The lowest BCUT2D eigenvalue weighted by Gasteiger charge is -2.19. The van der Waals surface area contributed by atoms with E-state index < -0.39 is 47.8 Å². The summed E-state index contributed by atoms with van der Waals surface area (Å²) in [4.78, 5) is 36.4. The first-order valence-corrected chi connectivity index (χ1v) is 10.8.